The molecule has 0 atom stereocenters. The maximum Gasteiger partial charge on any atom is 0.330 e. The second-order valence-electron chi connectivity index (χ2n) is 5.88. The number of carbonyl (C=O) groups excluding carboxylic acids is 1. The van der Waals surface area contributed by atoms with Crippen LogP contribution in [-0.2, 0) is 9.53 Å². The Labute approximate surface area is 152 Å². The van der Waals surface area contributed by atoms with E-state index in [4.69, 9.17) is 9.47 Å². The molecule has 0 bridgehead atoms. The van der Waals surface area contributed by atoms with E-state index in [0.29, 0.717) is 13.2 Å². The third-order valence-corrected chi connectivity index (χ3v) is 3.82. The number of benzene rings is 2. The van der Waals surface area contributed by atoms with Crippen molar-refractivity contribution < 1.29 is 14.3 Å². The molecule has 0 N–H and O–H groups in total. The Morgan fingerprint density at radius 1 is 1.12 bits per heavy atom. The summed E-state index contributed by atoms with van der Waals surface area (Å²) in [5.41, 5.74) is 3.58. The first-order valence-corrected chi connectivity index (χ1v) is 8.52. The van der Waals surface area contributed by atoms with Crippen LogP contribution in [0.15, 0.2) is 55.1 Å². The number of aryl methyl sites for hydroxylation is 1. The second kappa shape index (κ2) is 8.29. The molecule has 6 heteroatoms. The van der Waals surface area contributed by atoms with Gasteiger partial charge in [0.15, 0.2) is 0 Å². The van der Waals surface area contributed by atoms with E-state index >= 15 is 0 Å². The van der Waals surface area contributed by atoms with E-state index in [1.807, 2.05) is 49.4 Å². The van der Waals surface area contributed by atoms with E-state index < -0.39 is 5.97 Å². The van der Waals surface area contributed by atoms with Crippen LogP contribution in [0.25, 0.3) is 16.7 Å². The Bertz CT molecular complexity index is 885. The van der Waals surface area contributed by atoms with Gasteiger partial charge in [-0.2, -0.15) is 0 Å². The predicted octanol–water partition coefficient (Wildman–Crippen LogP) is 3.62. The number of carbonyl (C=O) groups is 1. The van der Waals surface area contributed by atoms with Crippen molar-refractivity contribution in [3.63, 3.8) is 0 Å². The van der Waals surface area contributed by atoms with Gasteiger partial charge in [0.1, 0.15) is 22.5 Å². The zero-order valence-corrected chi connectivity index (χ0v) is 14.7. The highest BCUT2D eigenvalue weighted by Gasteiger charge is 2.10. The Balaban J connectivity index is 1.66. The topological polar surface area (TPSA) is 66.2 Å². The summed E-state index contributed by atoms with van der Waals surface area (Å²) >= 11 is 0. The minimum absolute atomic E-state index is 0.362. The molecule has 0 saturated heterocycles. The van der Waals surface area contributed by atoms with Gasteiger partial charge in [-0.15, -0.1) is 15.0 Å². The number of aromatic nitrogens is 3. The number of ether oxygens (including phenoxy) is 2. The van der Waals surface area contributed by atoms with Crippen molar-refractivity contribution in [2.24, 2.45) is 0 Å². The quantitative estimate of drug-likeness (QED) is 0.352. The third kappa shape index (κ3) is 4.27. The Morgan fingerprint density at radius 2 is 1.81 bits per heavy atom. The van der Waals surface area contributed by atoms with E-state index in [0.717, 1.165) is 47.0 Å². The SMILES string of the molecule is C=CC(=O)OCCCCOc1ccc(C)cc1-n1nc2ccccc2n1. The van der Waals surface area contributed by atoms with Crippen molar-refractivity contribution in [3.05, 3.63) is 60.7 Å². The van der Waals surface area contributed by atoms with E-state index in [2.05, 4.69) is 16.8 Å². The maximum absolute atomic E-state index is 11.0. The van der Waals surface area contributed by atoms with Gasteiger partial charge in [0, 0.05) is 6.08 Å². The van der Waals surface area contributed by atoms with Crippen LogP contribution < -0.4 is 4.74 Å². The fraction of sp³-hybridized carbons (Fsp3) is 0.250. The summed E-state index contributed by atoms with van der Waals surface area (Å²) in [5, 5.41) is 9.06. The average molecular weight is 351 g/mol. The summed E-state index contributed by atoms with van der Waals surface area (Å²) in [4.78, 5) is 12.6. The molecule has 1 heterocycles. The van der Waals surface area contributed by atoms with E-state index in [1.165, 1.54) is 0 Å². The Hall–Kier alpha value is -3.15. The largest absolute Gasteiger partial charge is 0.491 e. The van der Waals surface area contributed by atoms with Gasteiger partial charge in [0.05, 0.1) is 13.2 Å². The normalized spacial score (nSPS) is 10.7. The van der Waals surface area contributed by atoms with Gasteiger partial charge in [-0.3, -0.25) is 0 Å². The zero-order valence-electron chi connectivity index (χ0n) is 14.7. The summed E-state index contributed by atoms with van der Waals surface area (Å²) in [6.45, 7) is 6.26. The van der Waals surface area contributed by atoms with E-state index in [-0.39, 0.29) is 0 Å². The van der Waals surface area contributed by atoms with Gasteiger partial charge in [0.25, 0.3) is 0 Å². The molecule has 134 valence electrons. The monoisotopic (exact) mass is 351 g/mol. The van der Waals surface area contributed by atoms with Crippen LogP contribution in [-0.4, -0.2) is 34.2 Å². The number of nitrogens with zero attached hydrogens (tertiary/aromatic N) is 3. The summed E-state index contributed by atoms with van der Waals surface area (Å²) in [5.74, 6) is 0.322. The lowest BCUT2D eigenvalue weighted by atomic mass is 10.2. The minimum atomic E-state index is -0.399. The van der Waals surface area contributed by atoms with Crippen molar-refractivity contribution >= 4 is 17.0 Å². The van der Waals surface area contributed by atoms with Crippen LogP contribution in [0.4, 0.5) is 0 Å². The van der Waals surface area contributed by atoms with Crippen molar-refractivity contribution in [3.8, 4) is 11.4 Å². The first kappa shape index (κ1) is 17.7. The predicted molar refractivity (Wildman–Crippen MR) is 99.5 cm³/mol. The Kier molecular flexibility index (Phi) is 5.63. The van der Waals surface area contributed by atoms with Crippen molar-refractivity contribution in [2.45, 2.75) is 19.8 Å². The van der Waals surface area contributed by atoms with Crippen LogP contribution >= 0.6 is 0 Å². The molecule has 0 spiro atoms. The molecule has 0 aliphatic rings. The summed E-state index contributed by atoms with van der Waals surface area (Å²) in [7, 11) is 0. The smallest absolute Gasteiger partial charge is 0.330 e. The van der Waals surface area contributed by atoms with Crippen LogP contribution in [0.2, 0.25) is 0 Å². The minimum Gasteiger partial charge on any atom is -0.491 e. The molecule has 1 aromatic heterocycles. The van der Waals surface area contributed by atoms with Crippen LogP contribution in [0.1, 0.15) is 18.4 Å². The van der Waals surface area contributed by atoms with Gasteiger partial charge >= 0.3 is 5.97 Å². The van der Waals surface area contributed by atoms with Gasteiger partial charge < -0.3 is 9.47 Å². The molecular weight excluding hydrogens is 330 g/mol. The lowest BCUT2D eigenvalue weighted by molar-refractivity contribution is -0.137. The molecule has 0 fully saturated rings. The van der Waals surface area contributed by atoms with Gasteiger partial charge in [-0.05, 0) is 49.6 Å². The molecule has 2 aromatic carbocycles. The highest BCUT2D eigenvalue weighted by molar-refractivity contribution is 5.81. The van der Waals surface area contributed by atoms with Crippen LogP contribution in [0.5, 0.6) is 5.75 Å². The van der Waals surface area contributed by atoms with Crippen molar-refractivity contribution in [2.75, 3.05) is 13.2 Å². The number of esters is 1. The summed E-state index contributed by atoms with van der Waals surface area (Å²) < 4.78 is 10.9. The molecule has 0 unspecified atom stereocenters. The van der Waals surface area contributed by atoms with Gasteiger partial charge in [-0.1, -0.05) is 24.8 Å². The fourth-order valence-electron chi connectivity index (χ4n) is 2.49. The first-order chi connectivity index (χ1) is 12.7. The number of fused-ring (bicyclic) bond motifs is 1. The molecule has 3 aromatic rings. The number of hydrogen-bond donors (Lipinski definition) is 0. The fourth-order valence-corrected chi connectivity index (χ4v) is 2.49. The molecular formula is C20H21N3O3. The summed E-state index contributed by atoms with van der Waals surface area (Å²) in [6.07, 6.45) is 2.66. The van der Waals surface area contributed by atoms with Crippen LogP contribution in [0, 0.1) is 6.92 Å². The molecule has 3 rings (SSSR count). The van der Waals surface area contributed by atoms with E-state index in [1.54, 1.807) is 4.80 Å². The van der Waals surface area contributed by atoms with Crippen molar-refractivity contribution in [1.82, 2.24) is 15.0 Å². The summed E-state index contributed by atoms with van der Waals surface area (Å²) in [6, 6.07) is 13.7. The molecule has 0 radical (unpaired) electrons. The lowest BCUT2D eigenvalue weighted by Gasteiger charge is -2.11. The van der Waals surface area contributed by atoms with Gasteiger partial charge in [0.2, 0.25) is 0 Å². The molecule has 0 aliphatic carbocycles. The standard InChI is InChI=1S/C20H21N3O3/c1-3-20(24)26-13-7-6-12-25-19-11-10-15(2)14-18(19)23-21-16-8-4-5-9-17(16)22-23/h3-5,8-11,14H,1,6-7,12-13H2,2H3. The molecule has 6 nitrogen and oxygen atoms in total. The van der Waals surface area contributed by atoms with E-state index in [9.17, 15) is 4.79 Å². The third-order valence-electron chi connectivity index (χ3n) is 3.82. The molecule has 0 aliphatic heterocycles. The molecule has 26 heavy (non-hydrogen) atoms. The maximum atomic E-state index is 11.0. The highest BCUT2D eigenvalue weighted by Crippen LogP contribution is 2.24. The average Bonchev–Trinajstić information content (AvgIpc) is 3.09. The Morgan fingerprint density at radius 3 is 2.50 bits per heavy atom. The number of hydrogen-bond acceptors (Lipinski definition) is 5. The lowest BCUT2D eigenvalue weighted by Crippen LogP contribution is -2.07. The first-order valence-electron chi connectivity index (χ1n) is 8.52. The zero-order chi connectivity index (χ0) is 18.4. The molecule has 0 amide bonds. The number of unbranched alkanes of at least 4 members (excludes halogenated alkanes) is 1. The van der Waals surface area contributed by atoms with Crippen molar-refractivity contribution in [1.29, 1.82) is 0 Å². The van der Waals surface area contributed by atoms with Crippen LogP contribution in [0.3, 0.4) is 0 Å². The number of rotatable bonds is 8. The van der Waals surface area contributed by atoms with Gasteiger partial charge in [-0.25, -0.2) is 4.79 Å². The highest BCUT2D eigenvalue weighted by atomic mass is 16.5. The second-order valence-corrected chi connectivity index (χ2v) is 5.88. The molecule has 0 saturated carbocycles.